The molecule has 0 aliphatic carbocycles. The van der Waals surface area contributed by atoms with E-state index in [1.54, 1.807) is 6.07 Å². The highest BCUT2D eigenvalue weighted by Gasteiger charge is 2.27. The van der Waals surface area contributed by atoms with E-state index in [1.807, 2.05) is 0 Å². The summed E-state index contributed by atoms with van der Waals surface area (Å²) >= 11 is 0. The number of nitrogens with two attached hydrogens (primary N) is 1. The lowest BCUT2D eigenvalue weighted by Gasteiger charge is -2.12. The van der Waals surface area contributed by atoms with Crippen LogP contribution in [0.1, 0.15) is 18.1 Å². The third-order valence-electron chi connectivity index (χ3n) is 1.64. The van der Waals surface area contributed by atoms with Gasteiger partial charge < -0.3 is 5.73 Å². The van der Waals surface area contributed by atoms with Gasteiger partial charge in [0, 0.05) is 18.2 Å². The van der Waals surface area contributed by atoms with Crippen molar-refractivity contribution < 1.29 is 8.78 Å². The van der Waals surface area contributed by atoms with E-state index in [0.717, 1.165) is 13.0 Å². The lowest BCUT2D eigenvalue weighted by molar-refractivity contribution is 0.0172. The number of nitrogens with zero attached hydrogens (tertiary/aromatic N) is 1. The van der Waals surface area contributed by atoms with Gasteiger partial charge in [-0.1, -0.05) is 0 Å². The molecule has 0 aliphatic heterocycles. The van der Waals surface area contributed by atoms with Gasteiger partial charge in [-0.15, -0.1) is 0 Å². The Morgan fingerprint density at radius 1 is 1.46 bits per heavy atom. The van der Waals surface area contributed by atoms with Crippen molar-refractivity contribution in [3.8, 4) is 6.07 Å². The highest BCUT2D eigenvalue weighted by Crippen LogP contribution is 2.30. The van der Waals surface area contributed by atoms with Gasteiger partial charge in [-0.3, -0.25) is 0 Å². The molecule has 0 fully saturated rings. The highest BCUT2D eigenvalue weighted by molar-refractivity contribution is 5.50. The van der Waals surface area contributed by atoms with Crippen molar-refractivity contribution in [3.05, 3.63) is 29.3 Å². The van der Waals surface area contributed by atoms with Gasteiger partial charge >= 0.3 is 0 Å². The van der Waals surface area contributed by atoms with Crippen LogP contribution >= 0.6 is 0 Å². The fraction of sp³-hybridized carbons (Fsp3) is 0.222. The first-order valence-electron chi connectivity index (χ1n) is 3.63. The molecule has 1 aromatic carbocycles. The van der Waals surface area contributed by atoms with Gasteiger partial charge in [0.05, 0.1) is 11.6 Å². The fourth-order valence-electron chi connectivity index (χ4n) is 1.02. The molecule has 0 atom stereocenters. The molecule has 1 rings (SSSR count). The van der Waals surface area contributed by atoms with Gasteiger partial charge in [0.25, 0.3) is 5.92 Å². The first kappa shape index (κ1) is 9.46. The summed E-state index contributed by atoms with van der Waals surface area (Å²) in [6.45, 7) is 0.739. The Morgan fingerprint density at radius 3 is 2.54 bits per heavy atom. The molecule has 2 N–H and O–H groups in total. The smallest absolute Gasteiger partial charge is 0.271 e. The quantitative estimate of drug-likeness (QED) is 0.677. The second-order valence-electron chi connectivity index (χ2n) is 2.81. The summed E-state index contributed by atoms with van der Waals surface area (Å²) in [6.07, 6.45) is 0. The van der Waals surface area contributed by atoms with Crippen LogP contribution in [0.4, 0.5) is 14.5 Å². The third-order valence-corrected chi connectivity index (χ3v) is 1.64. The van der Waals surface area contributed by atoms with Gasteiger partial charge in [-0.05, 0) is 18.2 Å². The summed E-state index contributed by atoms with van der Waals surface area (Å²) < 4.78 is 25.8. The summed E-state index contributed by atoms with van der Waals surface area (Å²) in [4.78, 5) is 0. The molecule has 13 heavy (non-hydrogen) atoms. The Hall–Kier alpha value is -1.63. The lowest BCUT2D eigenvalue weighted by Crippen LogP contribution is -2.10. The van der Waals surface area contributed by atoms with Gasteiger partial charge in [0.15, 0.2) is 0 Å². The first-order valence-corrected chi connectivity index (χ1v) is 3.63. The van der Waals surface area contributed by atoms with E-state index in [2.05, 4.69) is 0 Å². The average Bonchev–Trinajstić information content (AvgIpc) is 2.03. The van der Waals surface area contributed by atoms with Gasteiger partial charge in [-0.2, -0.15) is 5.26 Å². The minimum absolute atomic E-state index is 0.0401. The molecule has 68 valence electrons. The minimum atomic E-state index is -3.03. The molecular weight excluding hydrogens is 174 g/mol. The van der Waals surface area contributed by atoms with E-state index in [1.165, 1.54) is 12.1 Å². The van der Waals surface area contributed by atoms with E-state index in [-0.39, 0.29) is 16.8 Å². The van der Waals surface area contributed by atoms with Crippen LogP contribution in [0.15, 0.2) is 18.2 Å². The lowest BCUT2D eigenvalue weighted by atomic mass is 10.0. The molecule has 0 radical (unpaired) electrons. The number of anilines is 1. The van der Waals surface area contributed by atoms with Crippen LogP contribution in [0.25, 0.3) is 0 Å². The Morgan fingerprint density at radius 2 is 2.08 bits per heavy atom. The number of alkyl halides is 2. The molecule has 2 nitrogen and oxygen atoms in total. The van der Waals surface area contributed by atoms with Crippen molar-refractivity contribution in [3.63, 3.8) is 0 Å². The van der Waals surface area contributed by atoms with Gasteiger partial charge in [0.2, 0.25) is 0 Å². The predicted molar refractivity (Wildman–Crippen MR) is 45.1 cm³/mol. The number of rotatable bonds is 1. The van der Waals surface area contributed by atoms with Crippen molar-refractivity contribution in [2.24, 2.45) is 0 Å². The van der Waals surface area contributed by atoms with Crippen molar-refractivity contribution in [1.29, 1.82) is 5.26 Å². The minimum Gasteiger partial charge on any atom is -0.399 e. The van der Waals surface area contributed by atoms with Crippen LogP contribution < -0.4 is 5.73 Å². The van der Waals surface area contributed by atoms with Crippen molar-refractivity contribution in [2.75, 3.05) is 5.73 Å². The van der Waals surface area contributed by atoms with E-state index in [9.17, 15) is 8.78 Å². The Bertz CT molecular complexity index is 361. The zero-order valence-electron chi connectivity index (χ0n) is 7.01. The maximum atomic E-state index is 12.9. The molecule has 4 heteroatoms. The molecular formula is C9H8F2N2. The molecule has 0 saturated heterocycles. The topological polar surface area (TPSA) is 49.8 Å². The molecule has 1 aromatic rings. The second-order valence-corrected chi connectivity index (χ2v) is 2.81. The number of nitriles is 1. The molecule has 0 spiro atoms. The van der Waals surface area contributed by atoms with Crippen LogP contribution in [0.3, 0.4) is 0 Å². The zero-order chi connectivity index (χ0) is 10.1. The molecule has 0 heterocycles. The fourth-order valence-corrected chi connectivity index (χ4v) is 1.02. The Labute approximate surface area is 74.6 Å². The molecule has 0 unspecified atom stereocenters. The van der Waals surface area contributed by atoms with E-state index >= 15 is 0 Å². The van der Waals surface area contributed by atoms with E-state index in [4.69, 9.17) is 11.0 Å². The predicted octanol–water partition coefficient (Wildman–Crippen LogP) is 2.25. The number of nitrogen functional groups attached to an aromatic ring is 1. The summed E-state index contributed by atoms with van der Waals surface area (Å²) in [5, 5.41) is 8.55. The number of hydrogen-bond donors (Lipinski definition) is 1. The second kappa shape index (κ2) is 3.02. The van der Waals surface area contributed by atoms with E-state index in [0.29, 0.717) is 0 Å². The summed E-state index contributed by atoms with van der Waals surface area (Å²) in [5.74, 6) is -3.03. The first-order chi connectivity index (χ1) is 5.95. The molecule has 0 bridgehead atoms. The maximum Gasteiger partial charge on any atom is 0.271 e. The normalized spacial score (nSPS) is 10.9. The van der Waals surface area contributed by atoms with Crippen molar-refractivity contribution >= 4 is 5.69 Å². The highest BCUT2D eigenvalue weighted by atomic mass is 19.3. The SMILES string of the molecule is CC(F)(F)c1cc(N)ccc1C#N. The standard InChI is InChI=1S/C9H8F2N2/c1-9(10,11)8-4-7(13)3-2-6(8)5-12/h2-4H,13H2,1H3. The van der Waals surface area contributed by atoms with Gasteiger partial charge in [-0.25, -0.2) is 8.78 Å². The molecule has 0 aromatic heterocycles. The van der Waals surface area contributed by atoms with Crippen LogP contribution in [0.5, 0.6) is 0 Å². The van der Waals surface area contributed by atoms with Gasteiger partial charge in [0.1, 0.15) is 0 Å². The number of benzene rings is 1. The van der Waals surface area contributed by atoms with Crippen LogP contribution in [0.2, 0.25) is 0 Å². The van der Waals surface area contributed by atoms with Crippen LogP contribution in [-0.4, -0.2) is 0 Å². The Balaban J connectivity index is 3.35. The van der Waals surface area contributed by atoms with Crippen molar-refractivity contribution in [1.82, 2.24) is 0 Å². The van der Waals surface area contributed by atoms with Crippen LogP contribution in [0, 0.1) is 11.3 Å². The molecule has 0 amide bonds. The maximum absolute atomic E-state index is 12.9. The summed E-state index contributed by atoms with van der Waals surface area (Å²) in [7, 11) is 0. The number of halogens is 2. The van der Waals surface area contributed by atoms with Crippen molar-refractivity contribution in [2.45, 2.75) is 12.8 Å². The third kappa shape index (κ3) is 1.94. The van der Waals surface area contributed by atoms with Crippen LogP contribution in [-0.2, 0) is 5.92 Å². The summed E-state index contributed by atoms with van der Waals surface area (Å²) in [5.41, 5.74) is 5.20. The molecule has 0 saturated carbocycles. The zero-order valence-corrected chi connectivity index (χ0v) is 7.01. The largest absolute Gasteiger partial charge is 0.399 e. The number of hydrogen-bond acceptors (Lipinski definition) is 2. The summed E-state index contributed by atoms with van der Waals surface area (Å²) in [6, 6.07) is 5.54. The monoisotopic (exact) mass is 182 g/mol. The molecule has 0 aliphatic rings. The Kier molecular flexibility index (Phi) is 2.20. The average molecular weight is 182 g/mol. The van der Waals surface area contributed by atoms with E-state index < -0.39 is 5.92 Å².